The number of carbonyl (C=O) groups is 5. The largest absolute Gasteiger partial charge is 0.508 e. The van der Waals surface area contributed by atoms with Gasteiger partial charge in [-0.05, 0) is 31.0 Å². The van der Waals surface area contributed by atoms with Crippen molar-refractivity contribution in [2.24, 2.45) is 11.5 Å². The molecule has 13 heteroatoms. The van der Waals surface area contributed by atoms with Crippen LogP contribution in [0.15, 0.2) is 24.3 Å². The predicted molar refractivity (Wildman–Crippen MR) is 114 cm³/mol. The van der Waals surface area contributed by atoms with Crippen molar-refractivity contribution in [2.75, 3.05) is 6.54 Å². The summed E-state index contributed by atoms with van der Waals surface area (Å²) in [5.74, 6) is -4.49. The van der Waals surface area contributed by atoms with Gasteiger partial charge in [0.25, 0.3) is 0 Å². The molecule has 0 bridgehead atoms. The third-order valence-corrected chi connectivity index (χ3v) is 4.53. The summed E-state index contributed by atoms with van der Waals surface area (Å²) in [6, 6.07) is 1.76. The van der Waals surface area contributed by atoms with Crippen LogP contribution >= 0.6 is 0 Å². The molecule has 0 fully saturated rings. The first-order chi connectivity index (χ1) is 15.4. The van der Waals surface area contributed by atoms with Crippen LogP contribution in [0.2, 0.25) is 0 Å². The van der Waals surface area contributed by atoms with E-state index in [0.29, 0.717) is 5.56 Å². The topological polar surface area (TPSA) is 234 Å². The maximum absolute atomic E-state index is 12.5. The minimum Gasteiger partial charge on any atom is -0.508 e. The molecule has 0 aliphatic rings. The van der Waals surface area contributed by atoms with Gasteiger partial charge in [-0.3, -0.25) is 19.2 Å². The van der Waals surface area contributed by atoms with Gasteiger partial charge in [-0.15, -0.1) is 0 Å². The summed E-state index contributed by atoms with van der Waals surface area (Å²) in [6.45, 7) is 0.647. The van der Waals surface area contributed by atoms with Crippen molar-refractivity contribution >= 4 is 29.6 Å². The third-order valence-electron chi connectivity index (χ3n) is 4.53. The summed E-state index contributed by atoms with van der Waals surface area (Å²) in [6.07, 6.45) is -1.62. The van der Waals surface area contributed by atoms with Crippen molar-refractivity contribution in [3.63, 3.8) is 0 Å². The highest BCUT2D eigenvalue weighted by molar-refractivity contribution is 5.93. The van der Waals surface area contributed by atoms with Gasteiger partial charge in [-0.2, -0.15) is 0 Å². The van der Waals surface area contributed by atoms with E-state index in [1.165, 1.54) is 31.2 Å². The third kappa shape index (κ3) is 9.97. The van der Waals surface area contributed by atoms with E-state index in [1.54, 1.807) is 0 Å². The van der Waals surface area contributed by atoms with E-state index in [4.69, 9.17) is 11.5 Å². The molecule has 0 radical (unpaired) electrons. The Bertz CT molecular complexity index is 859. The number of phenolic OH excluding ortho intramolecular Hbond substituents is 1. The van der Waals surface area contributed by atoms with E-state index in [0.717, 1.165) is 0 Å². The number of hydrogen-bond acceptors (Lipinski definition) is 8. The number of carbonyl (C=O) groups excluding carboxylic acids is 4. The molecule has 0 saturated carbocycles. The summed E-state index contributed by atoms with van der Waals surface area (Å²) in [5.41, 5.74) is 11.1. The van der Waals surface area contributed by atoms with Crippen LogP contribution in [0, 0.1) is 0 Å². The average Bonchev–Trinajstić information content (AvgIpc) is 2.74. The number of aliphatic carboxylic acids is 1. The zero-order chi connectivity index (χ0) is 25.1. The second-order valence-electron chi connectivity index (χ2n) is 7.39. The number of carboxylic acid groups (broad SMARTS) is 1. The molecular formula is C20H29N5O8. The number of nitrogens with one attached hydrogen (secondary N) is 3. The molecule has 1 aromatic rings. The highest BCUT2D eigenvalue weighted by Gasteiger charge is 2.30. The molecule has 0 aliphatic heterocycles. The number of aliphatic hydroxyl groups is 1. The summed E-state index contributed by atoms with van der Waals surface area (Å²) in [4.78, 5) is 58.8. The Kier molecular flexibility index (Phi) is 10.7. The van der Waals surface area contributed by atoms with Crippen LogP contribution in [0.4, 0.5) is 0 Å². The van der Waals surface area contributed by atoms with Gasteiger partial charge in [0, 0.05) is 12.8 Å². The van der Waals surface area contributed by atoms with Crippen LogP contribution in [0.5, 0.6) is 5.75 Å². The Hall–Kier alpha value is -3.71. The minimum absolute atomic E-state index is 0.00698. The fourth-order valence-electron chi connectivity index (χ4n) is 2.69. The Morgan fingerprint density at radius 3 is 2.15 bits per heavy atom. The number of benzene rings is 1. The standard InChI is InChI=1S/C20H29N5O8/c1-10(26)17(25-16(29)9-23-18(30)13(21)6-7-15(22)28)19(31)24-14(20(32)33)8-11-2-4-12(27)5-3-11/h2-5,10,13-14,17,26-27H,6-9,21H2,1H3,(H2,22,28)(H,23,30)(H,24,31)(H,25,29)(H,32,33). The SMILES string of the molecule is CC(O)C(NC(=O)CNC(=O)C(N)CCC(N)=O)C(=O)NC(Cc1ccc(O)cc1)C(=O)O. The molecule has 13 nitrogen and oxygen atoms in total. The average molecular weight is 467 g/mol. The van der Waals surface area contributed by atoms with Gasteiger partial charge in [0.15, 0.2) is 0 Å². The zero-order valence-corrected chi connectivity index (χ0v) is 18.0. The molecule has 0 spiro atoms. The van der Waals surface area contributed by atoms with Gasteiger partial charge in [-0.25, -0.2) is 4.79 Å². The first-order valence-corrected chi connectivity index (χ1v) is 10.0. The Morgan fingerprint density at radius 2 is 1.64 bits per heavy atom. The molecular weight excluding hydrogens is 438 g/mol. The second-order valence-corrected chi connectivity index (χ2v) is 7.39. The van der Waals surface area contributed by atoms with E-state index < -0.39 is 60.4 Å². The van der Waals surface area contributed by atoms with Crippen LogP contribution in [-0.2, 0) is 30.4 Å². The van der Waals surface area contributed by atoms with Crippen molar-refractivity contribution in [3.8, 4) is 5.75 Å². The number of aromatic hydroxyl groups is 1. The zero-order valence-electron chi connectivity index (χ0n) is 18.0. The van der Waals surface area contributed by atoms with Crippen molar-refractivity contribution in [1.82, 2.24) is 16.0 Å². The Labute approximate surface area is 189 Å². The first-order valence-electron chi connectivity index (χ1n) is 10.0. The molecule has 1 rings (SSSR count). The molecule has 0 saturated heterocycles. The molecule has 1 aromatic carbocycles. The van der Waals surface area contributed by atoms with Crippen LogP contribution in [0.25, 0.3) is 0 Å². The number of primary amides is 1. The van der Waals surface area contributed by atoms with Crippen LogP contribution in [0.3, 0.4) is 0 Å². The lowest BCUT2D eigenvalue weighted by Gasteiger charge is -2.23. The molecule has 33 heavy (non-hydrogen) atoms. The number of aliphatic hydroxyl groups excluding tert-OH is 1. The Morgan fingerprint density at radius 1 is 1.03 bits per heavy atom. The number of hydrogen-bond donors (Lipinski definition) is 8. The number of phenols is 1. The highest BCUT2D eigenvalue weighted by Crippen LogP contribution is 2.11. The lowest BCUT2D eigenvalue weighted by atomic mass is 10.0. The van der Waals surface area contributed by atoms with Gasteiger partial charge >= 0.3 is 5.97 Å². The molecule has 4 unspecified atom stereocenters. The summed E-state index contributed by atoms with van der Waals surface area (Å²) >= 11 is 0. The Balaban J connectivity index is 2.68. The lowest BCUT2D eigenvalue weighted by molar-refractivity contribution is -0.142. The normalized spacial score (nSPS) is 14.3. The monoisotopic (exact) mass is 467 g/mol. The molecule has 182 valence electrons. The van der Waals surface area contributed by atoms with Gasteiger partial charge in [-0.1, -0.05) is 12.1 Å². The fraction of sp³-hybridized carbons (Fsp3) is 0.450. The van der Waals surface area contributed by atoms with Crippen molar-refractivity contribution in [3.05, 3.63) is 29.8 Å². The van der Waals surface area contributed by atoms with E-state index in [2.05, 4.69) is 16.0 Å². The minimum atomic E-state index is -1.50. The summed E-state index contributed by atoms with van der Waals surface area (Å²) in [7, 11) is 0. The number of nitrogens with two attached hydrogens (primary N) is 2. The van der Waals surface area contributed by atoms with Gasteiger partial charge in [0.05, 0.1) is 18.7 Å². The van der Waals surface area contributed by atoms with E-state index in [1.807, 2.05) is 0 Å². The summed E-state index contributed by atoms with van der Waals surface area (Å²) < 4.78 is 0. The number of rotatable bonds is 13. The quantitative estimate of drug-likeness (QED) is 0.148. The van der Waals surface area contributed by atoms with Gasteiger partial charge in [0.2, 0.25) is 23.6 Å². The second kappa shape index (κ2) is 13.0. The maximum Gasteiger partial charge on any atom is 0.326 e. The van der Waals surface area contributed by atoms with Crippen LogP contribution in [-0.4, -0.2) is 75.7 Å². The maximum atomic E-state index is 12.5. The summed E-state index contributed by atoms with van der Waals surface area (Å²) in [5, 5.41) is 35.3. The molecule has 0 aliphatic carbocycles. The first kappa shape index (κ1) is 27.3. The molecule has 4 amide bonds. The van der Waals surface area contributed by atoms with Crippen molar-refractivity contribution < 1.29 is 39.3 Å². The smallest absolute Gasteiger partial charge is 0.326 e. The van der Waals surface area contributed by atoms with E-state index >= 15 is 0 Å². The number of amides is 4. The van der Waals surface area contributed by atoms with Crippen LogP contribution in [0.1, 0.15) is 25.3 Å². The van der Waals surface area contributed by atoms with E-state index in [9.17, 15) is 39.3 Å². The highest BCUT2D eigenvalue weighted by atomic mass is 16.4. The van der Waals surface area contributed by atoms with Crippen LogP contribution < -0.4 is 27.4 Å². The number of carboxylic acids is 1. The molecule has 0 aromatic heterocycles. The van der Waals surface area contributed by atoms with Gasteiger partial charge in [0.1, 0.15) is 17.8 Å². The molecule has 10 N–H and O–H groups in total. The lowest BCUT2D eigenvalue weighted by Crippen LogP contribution is -2.57. The van der Waals surface area contributed by atoms with Crippen molar-refractivity contribution in [2.45, 2.75) is 50.4 Å². The van der Waals surface area contributed by atoms with Crippen molar-refractivity contribution in [1.29, 1.82) is 0 Å². The van der Waals surface area contributed by atoms with Gasteiger partial charge < -0.3 is 42.7 Å². The molecule has 4 atom stereocenters. The molecule has 0 heterocycles. The van der Waals surface area contributed by atoms with E-state index in [-0.39, 0.29) is 25.0 Å². The predicted octanol–water partition coefficient (Wildman–Crippen LogP) is -2.92. The fourth-order valence-corrected chi connectivity index (χ4v) is 2.69.